The molecule has 0 saturated carbocycles. The first-order valence-corrected chi connectivity index (χ1v) is 11.6. The number of nitrogens with one attached hydrogen (secondary N) is 1. The summed E-state index contributed by atoms with van der Waals surface area (Å²) in [5.41, 5.74) is 2.11. The van der Waals surface area contributed by atoms with Crippen molar-refractivity contribution in [2.24, 2.45) is 0 Å². The van der Waals surface area contributed by atoms with Crippen molar-refractivity contribution in [3.8, 4) is 5.75 Å². The zero-order chi connectivity index (χ0) is 23.1. The van der Waals surface area contributed by atoms with Crippen molar-refractivity contribution in [1.29, 1.82) is 0 Å². The van der Waals surface area contributed by atoms with Crippen LogP contribution in [-0.4, -0.2) is 35.9 Å². The van der Waals surface area contributed by atoms with Crippen LogP contribution in [0, 0.1) is 6.92 Å². The first-order chi connectivity index (χ1) is 15.4. The third-order valence-electron chi connectivity index (χ3n) is 5.37. The summed E-state index contributed by atoms with van der Waals surface area (Å²) in [5, 5.41) is 4.98. The molecule has 0 aliphatic rings. The Kier molecular flexibility index (Phi) is 8.28. The molecular weight excluding hydrogens is 468 g/mol. The number of nitrogens with zero attached hydrogens (tertiary/aromatic N) is 1. The van der Waals surface area contributed by atoms with Gasteiger partial charge in [-0.15, -0.1) is 0 Å². The molecule has 1 N–H and O–H groups in total. The SMILES string of the molecule is CCCNC(=O)[C@H](C)N(Cc1ccc(C)cc1)C(=O)COc1ccc2ccccc2c1Br. The van der Waals surface area contributed by atoms with Crippen LogP contribution in [0.3, 0.4) is 0 Å². The number of carbonyl (C=O) groups excluding carboxylic acids is 2. The maximum absolute atomic E-state index is 13.2. The van der Waals surface area contributed by atoms with Crippen LogP contribution in [-0.2, 0) is 16.1 Å². The van der Waals surface area contributed by atoms with Crippen LogP contribution >= 0.6 is 15.9 Å². The predicted molar refractivity (Wildman–Crippen MR) is 132 cm³/mol. The number of benzene rings is 3. The van der Waals surface area contributed by atoms with Gasteiger partial charge in [-0.25, -0.2) is 0 Å². The second-order valence-corrected chi connectivity index (χ2v) is 8.65. The van der Waals surface area contributed by atoms with Crippen molar-refractivity contribution in [3.05, 3.63) is 76.3 Å². The Labute approximate surface area is 197 Å². The predicted octanol–water partition coefficient (Wildman–Crippen LogP) is 5.23. The molecule has 2 amide bonds. The molecule has 0 aromatic heterocycles. The number of amides is 2. The van der Waals surface area contributed by atoms with Gasteiger partial charge in [0.25, 0.3) is 5.91 Å². The minimum Gasteiger partial charge on any atom is -0.483 e. The Bertz CT molecular complexity index is 1080. The van der Waals surface area contributed by atoms with Crippen molar-refractivity contribution >= 4 is 38.5 Å². The Morgan fingerprint density at radius 1 is 1.06 bits per heavy atom. The number of rotatable bonds is 9. The van der Waals surface area contributed by atoms with Crippen LogP contribution in [0.4, 0.5) is 0 Å². The van der Waals surface area contributed by atoms with Crippen molar-refractivity contribution < 1.29 is 14.3 Å². The maximum atomic E-state index is 13.2. The van der Waals surface area contributed by atoms with E-state index in [1.54, 1.807) is 11.8 Å². The summed E-state index contributed by atoms with van der Waals surface area (Å²) in [5.74, 6) is 0.180. The molecule has 3 rings (SSSR count). The molecule has 1 atom stereocenters. The summed E-state index contributed by atoms with van der Waals surface area (Å²) in [6, 6.07) is 19.1. The van der Waals surface area contributed by atoms with Gasteiger partial charge in [-0.1, -0.05) is 67.1 Å². The second kappa shape index (κ2) is 11.1. The topological polar surface area (TPSA) is 58.6 Å². The van der Waals surface area contributed by atoms with Gasteiger partial charge in [0.15, 0.2) is 6.61 Å². The smallest absolute Gasteiger partial charge is 0.261 e. The van der Waals surface area contributed by atoms with Crippen LogP contribution in [0.25, 0.3) is 10.8 Å². The highest BCUT2D eigenvalue weighted by atomic mass is 79.9. The maximum Gasteiger partial charge on any atom is 0.261 e. The van der Waals surface area contributed by atoms with E-state index in [1.807, 2.05) is 74.5 Å². The largest absolute Gasteiger partial charge is 0.483 e. The highest BCUT2D eigenvalue weighted by Gasteiger charge is 2.26. The lowest BCUT2D eigenvalue weighted by atomic mass is 10.1. The summed E-state index contributed by atoms with van der Waals surface area (Å²) in [6.45, 7) is 6.52. The normalized spacial score (nSPS) is 11.8. The summed E-state index contributed by atoms with van der Waals surface area (Å²) in [7, 11) is 0. The van der Waals surface area contributed by atoms with E-state index in [-0.39, 0.29) is 18.4 Å². The molecule has 0 aliphatic heterocycles. The van der Waals surface area contributed by atoms with Crippen LogP contribution in [0.5, 0.6) is 5.75 Å². The molecule has 0 heterocycles. The molecular formula is C26H29BrN2O3. The van der Waals surface area contributed by atoms with E-state index in [1.165, 1.54) is 0 Å². The van der Waals surface area contributed by atoms with Gasteiger partial charge >= 0.3 is 0 Å². The lowest BCUT2D eigenvalue weighted by Crippen LogP contribution is -2.49. The molecule has 0 bridgehead atoms. The van der Waals surface area contributed by atoms with Crippen molar-refractivity contribution in [2.75, 3.05) is 13.2 Å². The van der Waals surface area contributed by atoms with Gasteiger partial charge in [0, 0.05) is 13.1 Å². The van der Waals surface area contributed by atoms with Gasteiger partial charge < -0.3 is 15.0 Å². The molecule has 0 unspecified atom stereocenters. The standard InChI is InChI=1S/C26H29BrN2O3/c1-4-15-28-26(31)19(3)29(16-20-11-9-18(2)10-12-20)24(30)17-32-23-14-13-21-7-5-6-8-22(21)25(23)27/h5-14,19H,4,15-17H2,1-3H3,(H,28,31)/t19-/m0/s1. The Morgan fingerprint density at radius 2 is 1.78 bits per heavy atom. The molecule has 0 fully saturated rings. The molecule has 32 heavy (non-hydrogen) atoms. The molecule has 6 heteroatoms. The molecule has 168 valence electrons. The Hall–Kier alpha value is -2.86. The van der Waals surface area contributed by atoms with Crippen LogP contribution in [0.2, 0.25) is 0 Å². The number of hydrogen-bond acceptors (Lipinski definition) is 3. The number of fused-ring (bicyclic) bond motifs is 1. The molecule has 5 nitrogen and oxygen atoms in total. The number of halogens is 1. The van der Waals surface area contributed by atoms with Crippen LogP contribution in [0.15, 0.2) is 65.1 Å². The van der Waals surface area contributed by atoms with E-state index in [4.69, 9.17) is 4.74 Å². The molecule has 0 radical (unpaired) electrons. The highest BCUT2D eigenvalue weighted by molar-refractivity contribution is 9.10. The Morgan fingerprint density at radius 3 is 2.50 bits per heavy atom. The second-order valence-electron chi connectivity index (χ2n) is 7.86. The van der Waals surface area contributed by atoms with E-state index in [0.717, 1.165) is 32.8 Å². The average Bonchev–Trinajstić information content (AvgIpc) is 2.81. The molecule has 0 aliphatic carbocycles. The Balaban J connectivity index is 1.77. The van der Waals surface area contributed by atoms with E-state index in [0.29, 0.717) is 18.8 Å². The zero-order valence-electron chi connectivity index (χ0n) is 18.7. The third-order valence-corrected chi connectivity index (χ3v) is 6.19. The van der Waals surface area contributed by atoms with Crippen LogP contribution < -0.4 is 10.1 Å². The average molecular weight is 497 g/mol. The number of aryl methyl sites for hydroxylation is 1. The lowest BCUT2D eigenvalue weighted by Gasteiger charge is -2.29. The van der Waals surface area contributed by atoms with Gasteiger partial charge in [-0.2, -0.15) is 0 Å². The first-order valence-electron chi connectivity index (χ1n) is 10.8. The minimum atomic E-state index is -0.612. The lowest BCUT2D eigenvalue weighted by molar-refractivity contribution is -0.142. The van der Waals surface area contributed by atoms with Crippen LogP contribution in [0.1, 0.15) is 31.4 Å². The van der Waals surface area contributed by atoms with Gasteiger partial charge in [0.2, 0.25) is 5.91 Å². The zero-order valence-corrected chi connectivity index (χ0v) is 20.3. The first kappa shape index (κ1) is 23.8. The molecule has 0 saturated heterocycles. The third kappa shape index (κ3) is 5.88. The van der Waals surface area contributed by atoms with Crippen molar-refractivity contribution in [3.63, 3.8) is 0 Å². The quantitative estimate of drug-likeness (QED) is 0.440. The van der Waals surface area contributed by atoms with E-state index in [2.05, 4.69) is 21.2 Å². The van der Waals surface area contributed by atoms with Crippen molar-refractivity contribution in [1.82, 2.24) is 10.2 Å². The number of hydrogen-bond donors (Lipinski definition) is 1. The van der Waals surface area contributed by atoms with Gasteiger partial charge in [0.1, 0.15) is 11.8 Å². The highest BCUT2D eigenvalue weighted by Crippen LogP contribution is 2.33. The molecule has 3 aromatic rings. The fraction of sp³-hybridized carbons (Fsp3) is 0.308. The monoisotopic (exact) mass is 496 g/mol. The van der Waals surface area contributed by atoms with Gasteiger partial charge in [-0.3, -0.25) is 9.59 Å². The minimum absolute atomic E-state index is 0.159. The van der Waals surface area contributed by atoms with E-state index in [9.17, 15) is 9.59 Å². The van der Waals surface area contributed by atoms with Crippen molar-refractivity contribution in [2.45, 2.75) is 39.8 Å². The van der Waals surface area contributed by atoms with E-state index < -0.39 is 6.04 Å². The number of carbonyl (C=O) groups is 2. The molecule has 0 spiro atoms. The summed E-state index contributed by atoms with van der Waals surface area (Å²) < 4.78 is 6.69. The fourth-order valence-electron chi connectivity index (χ4n) is 3.42. The summed E-state index contributed by atoms with van der Waals surface area (Å²) in [6.07, 6.45) is 0.837. The summed E-state index contributed by atoms with van der Waals surface area (Å²) in [4.78, 5) is 27.4. The van der Waals surface area contributed by atoms with Gasteiger partial charge in [0.05, 0.1) is 4.47 Å². The summed E-state index contributed by atoms with van der Waals surface area (Å²) >= 11 is 3.60. The van der Waals surface area contributed by atoms with E-state index >= 15 is 0 Å². The number of ether oxygens (including phenoxy) is 1. The molecule has 3 aromatic carbocycles. The van der Waals surface area contributed by atoms with Gasteiger partial charge in [-0.05, 0) is 58.6 Å². The fourth-order valence-corrected chi connectivity index (χ4v) is 4.02.